The zero-order valence-corrected chi connectivity index (χ0v) is 39.5. The van der Waals surface area contributed by atoms with Crippen LogP contribution in [0.1, 0.15) is 33.4 Å². The van der Waals surface area contributed by atoms with Crippen molar-refractivity contribution < 1.29 is 13.2 Å². The van der Waals surface area contributed by atoms with Crippen LogP contribution in [0.3, 0.4) is 0 Å². The van der Waals surface area contributed by atoms with Gasteiger partial charge in [-0.15, -0.1) is 0 Å². The van der Waals surface area contributed by atoms with Gasteiger partial charge in [-0.2, -0.15) is 13.2 Å². The molecule has 0 aliphatic carbocycles. The van der Waals surface area contributed by atoms with Crippen molar-refractivity contribution in [3.05, 3.63) is 234 Å². The number of hydrogen-bond donors (Lipinski definition) is 0. The number of halogens is 3. The zero-order valence-electron chi connectivity index (χ0n) is 39.5. The van der Waals surface area contributed by atoms with E-state index < -0.39 is 11.7 Å². The summed E-state index contributed by atoms with van der Waals surface area (Å²) in [5.74, 6) is 0.492. The largest absolute Gasteiger partial charge is 0.416 e. The Kier molecular flexibility index (Phi) is 11.1. The topological polar surface area (TPSA) is 30.7 Å². The van der Waals surface area contributed by atoms with Gasteiger partial charge >= 0.3 is 6.18 Å². The fourth-order valence-corrected chi connectivity index (χ4v) is 10.0. The third-order valence-corrected chi connectivity index (χ3v) is 13.2. The van der Waals surface area contributed by atoms with Crippen LogP contribution in [0.2, 0.25) is 0 Å². The number of hydrogen-bond acceptors (Lipinski definition) is 2. The smallest absolute Gasteiger partial charge is 0.308 e. The molecule has 0 spiro atoms. The first-order valence-electron chi connectivity index (χ1n) is 23.5. The summed E-state index contributed by atoms with van der Waals surface area (Å²) in [6, 6.07) is 66.9. The van der Waals surface area contributed by atoms with Crippen molar-refractivity contribution in [3.63, 3.8) is 0 Å². The molecule has 3 nitrogen and oxygen atoms in total. The van der Waals surface area contributed by atoms with Gasteiger partial charge in [0.05, 0.1) is 33.7 Å². The van der Waals surface area contributed by atoms with Crippen LogP contribution in [0.15, 0.2) is 200 Å². The highest BCUT2D eigenvalue weighted by Crippen LogP contribution is 2.46. The van der Waals surface area contributed by atoms with Crippen LogP contribution >= 0.6 is 0 Å². The van der Waals surface area contributed by atoms with Gasteiger partial charge in [0.1, 0.15) is 0 Å². The lowest BCUT2D eigenvalue weighted by molar-refractivity contribution is -0.137. The van der Waals surface area contributed by atoms with E-state index >= 15 is 0 Å². The van der Waals surface area contributed by atoms with E-state index in [-0.39, 0.29) is 0 Å². The Labute approximate surface area is 406 Å². The van der Waals surface area contributed by atoms with Gasteiger partial charge in [-0.05, 0) is 123 Å². The molecule has 340 valence electrons. The van der Waals surface area contributed by atoms with Crippen LogP contribution in [-0.2, 0) is 6.18 Å². The molecule has 0 amide bonds. The highest BCUT2D eigenvalue weighted by Gasteiger charge is 2.31. The summed E-state index contributed by atoms with van der Waals surface area (Å²) in [7, 11) is 0. The van der Waals surface area contributed by atoms with Crippen molar-refractivity contribution in [2.24, 2.45) is 0 Å². The van der Waals surface area contributed by atoms with E-state index in [0.29, 0.717) is 11.4 Å². The lowest BCUT2D eigenvalue weighted by Gasteiger charge is -2.22. The van der Waals surface area contributed by atoms with E-state index in [0.717, 1.165) is 100 Å². The fraction of sp³-hybridized carbons (Fsp3) is 0.0938. The molecule has 0 aliphatic heterocycles. The summed E-state index contributed by atoms with van der Waals surface area (Å²) in [6.07, 6.45) is -4.51. The maximum atomic E-state index is 14.3. The average molecular weight is 916 g/mol. The van der Waals surface area contributed by atoms with Gasteiger partial charge in [0, 0.05) is 38.6 Å². The van der Waals surface area contributed by atoms with Gasteiger partial charge in [0.2, 0.25) is 0 Å². The van der Waals surface area contributed by atoms with Gasteiger partial charge in [-0.1, -0.05) is 173 Å². The van der Waals surface area contributed by atoms with Crippen molar-refractivity contribution in [2.45, 2.75) is 40.8 Å². The molecule has 0 saturated carbocycles. The van der Waals surface area contributed by atoms with E-state index in [4.69, 9.17) is 9.97 Å². The quantitative estimate of drug-likeness (QED) is 0.152. The van der Waals surface area contributed by atoms with E-state index in [9.17, 15) is 13.2 Å². The normalized spacial score (nSPS) is 11.7. The van der Waals surface area contributed by atoms with Crippen molar-refractivity contribution >= 4 is 21.8 Å². The Morgan fingerprint density at radius 2 is 0.757 bits per heavy atom. The van der Waals surface area contributed by atoms with E-state index in [1.165, 1.54) is 34.4 Å². The summed E-state index contributed by atoms with van der Waals surface area (Å²) in [5, 5.41) is 2.11. The molecule has 0 unspecified atom stereocenters. The molecule has 0 aliphatic rings. The van der Waals surface area contributed by atoms with Crippen molar-refractivity contribution in [3.8, 4) is 84.1 Å². The maximum Gasteiger partial charge on any atom is 0.416 e. The highest BCUT2D eigenvalue weighted by molar-refractivity contribution is 6.13. The number of nitrogens with zero attached hydrogens (tertiary/aromatic N) is 3. The van der Waals surface area contributed by atoms with Crippen LogP contribution in [0.25, 0.3) is 106 Å². The first kappa shape index (κ1) is 44.2. The molecule has 70 heavy (non-hydrogen) atoms. The Hall–Kier alpha value is -8.35. The van der Waals surface area contributed by atoms with Crippen molar-refractivity contribution in [1.82, 2.24) is 14.5 Å². The molecule has 0 fully saturated rings. The first-order chi connectivity index (χ1) is 33.8. The third-order valence-electron chi connectivity index (χ3n) is 13.2. The summed E-state index contributed by atoms with van der Waals surface area (Å²) >= 11 is 0. The third kappa shape index (κ3) is 8.47. The van der Waals surface area contributed by atoms with E-state index in [1.54, 1.807) is 12.1 Å². The molecule has 0 saturated heterocycles. The maximum absolute atomic E-state index is 14.3. The second kappa shape index (κ2) is 17.6. The van der Waals surface area contributed by atoms with Crippen LogP contribution in [0, 0.1) is 34.6 Å². The van der Waals surface area contributed by atoms with Crippen LogP contribution < -0.4 is 0 Å². The summed E-state index contributed by atoms with van der Waals surface area (Å²) in [4.78, 5) is 10.5. The second-order valence-corrected chi connectivity index (χ2v) is 18.6. The number of alkyl halides is 3. The fourth-order valence-electron chi connectivity index (χ4n) is 10.0. The molecular formula is C64H48F3N3. The zero-order chi connectivity index (χ0) is 48.3. The van der Waals surface area contributed by atoms with Gasteiger partial charge < -0.3 is 4.57 Å². The number of rotatable bonds is 8. The van der Waals surface area contributed by atoms with Gasteiger partial charge in [-0.25, -0.2) is 9.97 Å². The molecule has 0 atom stereocenters. The van der Waals surface area contributed by atoms with E-state index in [2.05, 4.69) is 148 Å². The molecule has 6 heteroatoms. The van der Waals surface area contributed by atoms with Crippen molar-refractivity contribution in [1.29, 1.82) is 0 Å². The molecule has 2 aromatic heterocycles. The number of fused-ring (bicyclic) bond motifs is 3. The molecule has 11 aromatic rings. The average Bonchev–Trinajstić information content (AvgIpc) is 3.68. The molecule has 2 heterocycles. The Morgan fingerprint density at radius 3 is 1.19 bits per heavy atom. The van der Waals surface area contributed by atoms with Crippen molar-refractivity contribution in [2.75, 3.05) is 0 Å². The first-order valence-corrected chi connectivity index (χ1v) is 23.5. The Bertz CT molecular complexity index is 3570. The molecule has 9 aromatic carbocycles. The molecule has 0 N–H and O–H groups in total. The van der Waals surface area contributed by atoms with Gasteiger partial charge in [0.25, 0.3) is 0 Å². The molecule has 0 radical (unpaired) electrons. The standard InChI is InChI=1S/C64H48F3N3/c1-39-16-18-44(19-17-39)54-36-52(63-68-58(46-12-8-6-9-13-46)38-59(69-63)47-14-10-7-11-15-47)37-55(45-20-24-53(25-21-45)64(65,66)67)62(54)70-60-26-22-48(50-30-40(2)28-41(3)31-50)34-56(60)57-35-49(23-27-61(57)70)51-32-42(4)29-43(5)33-51/h6-38H,1-5H3. The van der Waals surface area contributed by atoms with Crippen LogP contribution in [-0.4, -0.2) is 14.5 Å². The Balaban J connectivity index is 1.26. The minimum absolute atomic E-state index is 0.492. The van der Waals surface area contributed by atoms with Crippen LogP contribution in [0.4, 0.5) is 13.2 Å². The lowest BCUT2D eigenvalue weighted by Crippen LogP contribution is -2.05. The summed E-state index contributed by atoms with van der Waals surface area (Å²) < 4.78 is 45.2. The lowest BCUT2D eigenvalue weighted by atomic mass is 9.91. The van der Waals surface area contributed by atoms with Gasteiger partial charge in [0.15, 0.2) is 5.82 Å². The summed E-state index contributed by atoms with van der Waals surface area (Å²) in [5.41, 5.74) is 19.6. The minimum atomic E-state index is -4.51. The SMILES string of the molecule is Cc1ccc(-c2cc(-c3nc(-c4ccccc4)cc(-c4ccccc4)n3)cc(-c3ccc(C(F)(F)F)cc3)c2-n2c3ccc(-c4cc(C)cc(C)c4)cc3c3cc(-c4cc(C)cc(C)c4)ccc32)cc1. The minimum Gasteiger partial charge on any atom is -0.308 e. The van der Waals surface area contributed by atoms with Gasteiger partial charge in [-0.3, -0.25) is 0 Å². The molecule has 11 rings (SSSR count). The molecular weight excluding hydrogens is 868 g/mol. The van der Waals surface area contributed by atoms with Crippen LogP contribution in [0.5, 0.6) is 0 Å². The second-order valence-electron chi connectivity index (χ2n) is 18.6. The number of aryl methyl sites for hydroxylation is 5. The highest BCUT2D eigenvalue weighted by atomic mass is 19.4. The predicted molar refractivity (Wildman–Crippen MR) is 283 cm³/mol. The summed E-state index contributed by atoms with van der Waals surface area (Å²) in [6.45, 7) is 10.6. The monoisotopic (exact) mass is 915 g/mol. The van der Waals surface area contributed by atoms with E-state index in [1.807, 2.05) is 66.7 Å². The molecule has 0 bridgehead atoms. The predicted octanol–water partition coefficient (Wildman–Crippen LogP) is 17.8. The number of benzene rings is 9. The number of aromatic nitrogens is 3. The Morgan fingerprint density at radius 1 is 0.343 bits per heavy atom.